The number of carbonyl (C=O) groups excluding carboxylic acids is 1. The molecular formula is C9H8Br2ClN3O. The number of hydrogen-bond acceptors (Lipinski definition) is 3. The molecule has 4 nitrogen and oxygen atoms in total. The average molecular weight is 369 g/mol. The molecule has 1 atom stereocenters. The van der Waals surface area contributed by atoms with Crippen molar-refractivity contribution < 1.29 is 4.79 Å². The summed E-state index contributed by atoms with van der Waals surface area (Å²) in [5.41, 5.74) is 0.723. The molecule has 0 bridgehead atoms. The van der Waals surface area contributed by atoms with E-state index in [0.29, 0.717) is 28.5 Å². The van der Waals surface area contributed by atoms with E-state index in [9.17, 15) is 4.79 Å². The molecule has 1 aromatic heterocycles. The van der Waals surface area contributed by atoms with E-state index in [0.717, 1.165) is 5.69 Å². The number of aromatic nitrogens is 2. The highest BCUT2D eigenvalue weighted by atomic mass is 79.9. The van der Waals surface area contributed by atoms with Crippen LogP contribution in [0.1, 0.15) is 12.1 Å². The Kier molecular flexibility index (Phi) is 3.51. The number of amides is 1. The maximum absolute atomic E-state index is 11.7. The first-order valence-corrected chi connectivity index (χ1v) is 6.71. The highest BCUT2D eigenvalue weighted by Crippen LogP contribution is 2.28. The summed E-state index contributed by atoms with van der Waals surface area (Å²) in [6.45, 7) is 2.39. The van der Waals surface area contributed by atoms with Crippen LogP contribution in [0, 0.1) is 6.92 Å². The molecule has 0 aromatic carbocycles. The second-order valence-electron chi connectivity index (χ2n) is 3.52. The number of halogens is 3. The topological polar surface area (TPSA) is 46.1 Å². The van der Waals surface area contributed by atoms with Crippen LogP contribution in [0.15, 0.2) is 4.47 Å². The maximum Gasteiger partial charge on any atom is 0.233 e. The zero-order valence-electron chi connectivity index (χ0n) is 8.38. The summed E-state index contributed by atoms with van der Waals surface area (Å²) in [5, 5.41) is 0.327. The summed E-state index contributed by atoms with van der Waals surface area (Å²) in [6.07, 6.45) is 0.468. The number of anilines is 1. The summed E-state index contributed by atoms with van der Waals surface area (Å²) < 4.78 is 0.667. The van der Waals surface area contributed by atoms with Gasteiger partial charge in [-0.15, -0.1) is 0 Å². The quantitative estimate of drug-likeness (QED) is 0.565. The molecule has 0 aliphatic carbocycles. The number of rotatable bonds is 1. The molecule has 16 heavy (non-hydrogen) atoms. The van der Waals surface area contributed by atoms with Gasteiger partial charge in [-0.1, -0.05) is 27.5 Å². The number of aryl methyl sites for hydroxylation is 1. The van der Waals surface area contributed by atoms with Crippen LogP contribution >= 0.6 is 43.5 Å². The van der Waals surface area contributed by atoms with Gasteiger partial charge in [0.25, 0.3) is 0 Å². The van der Waals surface area contributed by atoms with Gasteiger partial charge < -0.3 is 0 Å². The predicted octanol–water partition coefficient (Wildman–Crippen LogP) is 2.70. The lowest BCUT2D eigenvalue weighted by molar-refractivity contribution is -0.117. The molecule has 1 fully saturated rings. The van der Waals surface area contributed by atoms with Gasteiger partial charge in [0.05, 0.1) is 10.2 Å². The SMILES string of the molecule is Cc1nc(N2CC(Br)CC2=O)nc(Cl)c1Br. The predicted molar refractivity (Wildman–Crippen MR) is 69.2 cm³/mol. The molecule has 0 radical (unpaired) electrons. The summed E-state index contributed by atoms with van der Waals surface area (Å²) in [5.74, 6) is 0.386. The monoisotopic (exact) mass is 367 g/mol. The van der Waals surface area contributed by atoms with E-state index < -0.39 is 0 Å². The largest absolute Gasteiger partial charge is 0.279 e. The molecule has 0 saturated carbocycles. The van der Waals surface area contributed by atoms with E-state index in [-0.39, 0.29) is 10.7 Å². The second-order valence-corrected chi connectivity index (χ2v) is 5.97. The molecule has 1 aliphatic heterocycles. The molecule has 2 heterocycles. The second kappa shape index (κ2) is 4.58. The first kappa shape index (κ1) is 12.3. The van der Waals surface area contributed by atoms with E-state index in [2.05, 4.69) is 41.8 Å². The lowest BCUT2D eigenvalue weighted by Crippen LogP contribution is -2.27. The fourth-order valence-corrected chi connectivity index (χ4v) is 2.44. The van der Waals surface area contributed by atoms with Gasteiger partial charge in [0.2, 0.25) is 11.9 Å². The third-order valence-electron chi connectivity index (χ3n) is 2.28. The zero-order valence-corrected chi connectivity index (χ0v) is 12.3. The van der Waals surface area contributed by atoms with Crippen molar-refractivity contribution in [1.82, 2.24) is 9.97 Å². The van der Waals surface area contributed by atoms with Crippen LogP contribution in [0.3, 0.4) is 0 Å². The molecule has 1 aromatic rings. The van der Waals surface area contributed by atoms with E-state index >= 15 is 0 Å². The van der Waals surface area contributed by atoms with Crippen LogP contribution in [0.2, 0.25) is 5.15 Å². The third-order valence-corrected chi connectivity index (χ3v) is 4.35. The minimum atomic E-state index is 0.0136. The van der Waals surface area contributed by atoms with Crippen LogP contribution in [0.4, 0.5) is 5.95 Å². The van der Waals surface area contributed by atoms with Crippen molar-refractivity contribution in [3.63, 3.8) is 0 Å². The van der Waals surface area contributed by atoms with Gasteiger partial charge in [-0.25, -0.2) is 4.98 Å². The van der Waals surface area contributed by atoms with Gasteiger partial charge in [-0.3, -0.25) is 9.69 Å². The Hall–Kier alpha value is -0.200. The third kappa shape index (κ3) is 2.24. The summed E-state index contributed by atoms with van der Waals surface area (Å²) in [7, 11) is 0. The number of alkyl halides is 1. The van der Waals surface area contributed by atoms with Gasteiger partial charge in [0.15, 0.2) is 0 Å². The molecule has 7 heteroatoms. The maximum atomic E-state index is 11.7. The van der Waals surface area contributed by atoms with Crippen LogP contribution in [-0.4, -0.2) is 27.2 Å². The molecule has 1 unspecified atom stereocenters. The molecular weight excluding hydrogens is 361 g/mol. The van der Waals surface area contributed by atoms with Gasteiger partial charge >= 0.3 is 0 Å². The van der Waals surface area contributed by atoms with Gasteiger partial charge in [0, 0.05) is 17.8 Å². The molecule has 1 saturated heterocycles. The fraction of sp³-hybridized carbons (Fsp3) is 0.444. The van der Waals surface area contributed by atoms with Crippen molar-refractivity contribution in [2.75, 3.05) is 11.4 Å². The molecule has 0 N–H and O–H groups in total. The van der Waals surface area contributed by atoms with Crippen molar-refractivity contribution in [2.45, 2.75) is 18.2 Å². The lowest BCUT2D eigenvalue weighted by Gasteiger charge is -2.14. The summed E-state index contributed by atoms with van der Waals surface area (Å²) >= 11 is 12.6. The van der Waals surface area contributed by atoms with Crippen LogP contribution in [-0.2, 0) is 4.79 Å². The highest BCUT2D eigenvalue weighted by Gasteiger charge is 2.31. The lowest BCUT2D eigenvalue weighted by atomic mass is 10.4. The highest BCUT2D eigenvalue weighted by molar-refractivity contribution is 9.10. The average Bonchev–Trinajstić information content (AvgIpc) is 2.53. The van der Waals surface area contributed by atoms with Gasteiger partial charge in [-0.2, -0.15) is 4.98 Å². The van der Waals surface area contributed by atoms with Crippen molar-refractivity contribution in [2.24, 2.45) is 0 Å². The van der Waals surface area contributed by atoms with E-state index in [1.807, 2.05) is 6.92 Å². The minimum Gasteiger partial charge on any atom is -0.279 e. The minimum absolute atomic E-state index is 0.0136. The van der Waals surface area contributed by atoms with E-state index in [1.54, 1.807) is 4.90 Å². The van der Waals surface area contributed by atoms with Crippen molar-refractivity contribution in [3.8, 4) is 0 Å². The van der Waals surface area contributed by atoms with Crippen molar-refractivity contribution in [1.29, 1.82) is 0 Å². The first-order valence-electron chi connectivity index (χ1n) is 4.63. The Balaban J connectivity index is 2.38. The fourth-order valence-electron chi connectivity index (χ4n) is 1.49. The Morgan fingerprint density at radius 2 is 2.19 bits per heavy atom. The Bertz CT molecular complexity index is 431. The standard InChI is InChI=1S/C9H8Br2ClN3O/c1-4-7(11)8(12)14-9(13-4)15-3-5(10)2-6(15)16/h5H,2-3H2,1H3. The van der Waals surface area contributed by atoms with Crippen LogP contribution in [0.25, 0.3) is 0 Å². The van der Waals surface area contributed by atoms with Crippen LogP contribution < -0.4 is 4.90 Å². The van der Waals surface area contributed by atoms with E-state index in [4.69, 9.17) is 11.6 Å². The smallest absolute Gasteiger partial charge is 0.233 e. The normalized spacial score (nSPS) is 20.6. The van der Waals surface area contributed by atoms with Crippen molar-refractivity contribution >= 4 is 55.3 Å². The van der Waals surface area contributed by atoms with E-state index in [1.165, 1.54) is 0 Å². The Morgan fingerprint density at radius 3 is 2.69 bits per heavy atom. The summed E-state index contributed by atoms with van der Waals surface area (Å²) in [6, 6.07) is 0. The molecule has 2 rings (SSSR count). The zero-order chi connectivity index (χ0) is 11.9. The molecule has 1 aliphatic rings. The van der Waals surface area contributed by atoms with Gasteiger partial charge in [0.1, 0.15) is 5.15 Å². The molecule has 1 amide bonds. The number of carbonyl (C=O) groups is 1. The number of hydrogen-bond donors (Lipinski definition) is 0. The molecule has 0 spiro atoms. The first-order chi connectivity index (χ1) is 7.49. The molecule has 86 valence electrons. The Labute approximate surface area is 115 Å². The van der Waals surface area contributed by atoms with Crippen LogP contribution in [0.5, 0.6) is 0 Å². The number of nitrogens with zero attached hydrogens (tertiary/aromatic N) is 3. The summed E-state index contributed by atoms with van der Waals surface area (Å²) in [4.78, 5) is 21.7. The Morgan fingerprint density at radius 1 is 1.50 bits per heavy atom. The van der Waals surface area contributed by atoms with Gasteiger partial charge in [-0.05, 0) is 22.9 Å². The van der Waals surface area contributed by atoms with Crippen molar-refractivity contribution in [3.05, 3.63) is 15.3 Å².